The standard InChI is InChI=1S/C15H12ClF3O2/c16-11-7-4-8-12(13(11)14(20)15(17,18)19)21-9-10-5-2-1-3-6-10/h1-8,14,20H,9H2. The maximum absolute atomic E-state index is 12.7. The number of hydrogen-bond acceptors (Lipinski definition) is 2. The van der Waals surface area contributed by atoms with E-state index in [0.717, 1.165) is 5.56 Å². The molecule has 0 aliphatic rings. The van der Waals surface area contributed by atoms with Gasteiger partial charge >= 0.3 is 6.18 Å². The Morgan fingerprint density at radius 3 is 2.33 bits per heavy atom. The molecule has 21 heavy (non-hydrogen) atoms. The normalized spacial score (nSPS) is 13.0. The van der Waals surface area contributed by atoms with Gasteiger partial charge < -0.3 is 9.84 Å². The van der Waals surface area contributed by atoms with E-state index in [4.69, 9.17) is 16.3 Å². The van der Waals surface area contributed by atoms with E-state index in [2.05, 4.69) is 0 Å². The van der Waals surface area contributed by atoms with Crippen LogP contribution in [0.4, 0.5) is 13.2 Å². The van der Waals surface area contributed by atoms with Gasteiger partial charge in [-0.05, 0) is 17.7 Å². The molecule has 0 fully saturated rings. The third-order valence-electron chi connectivity index (χ3n) is 2.83. The molecule has 2 aromatic rings. The molecule has 2 aromatic carbocycles. The smallest absolute Gasteiger partial charge is 0.418 e. The Labute approximate surface area is 124 Å². The lowest BCUT2D eigenvalue weighted by Crippen LogP contribution is -2.21. The highest BCUT2D eigenvalue weighted by Crippen LogP contribution is 2.41. The van der Waals surface area contributed by atoms with Crippen molar-refractivity contribution in [3.8, 4) is 5.75 Å². The lowest BCUT2D eigenvalue weighted by atomic mass is 10.1. The van der Waals surface area contributed by atoms with Crippen LogP contribution in [0.3, 0.4) is 0 Å². The molecule has 112 valence electrons. The van der Waals surface area contributed by atoms with Crippen molar-refractivity contribution in [2.75, 3.05) is 0 Å². The summed E-state index contributed by atoms with van der Waals surface area (Å²) in [7, 11) is 0. The highest BCUT2D eigenvalue weighted by atomic mass is 35.5. The summed E-state index contributed by atoms with van der Waals surface area (Å²) in [4.78, 5) is 0. The van der Waals surface area contributed by atoms with E-state index in [1.165, 1.54) is 18.2 Å². The number of hydrogen-bond donors (Lipinski definition) is 1. The number of benzene rings is 2. The van der Waals surface area contributed by atoms with E-state index < -0.39 is 17.8 Å². The SMILES string of the molecule is OC(c1c(Cl)cccc1OCc1ccccc1)C(F)(F)F. The summed E-state index contributed by atoms with van der Waals surface area (Å²) in [6, 6.07) is 13.1. The molecule has 0 heterocycles. The lowest BCUT2D eigenvalue weighted by Gasteiger charge is -2.19. The molecule has 1 unspecified atom stereocenters. The number of halogens is 4. The van der Waals surface area contributed by atoms with Crippen molar-refractivity contribution in [1.82, 2.24) is 0 Å². The summed E-state index contributed by atoms with van der Waals surface area (Å²) in [5.74, 6) is -0.0869. The van der Waals surface area contributed by atoms with Crippen LogP contribution in [0.5, 0.6) is 5.75 Å². The van der Waals surface area contributed by atoms with Crippen molar-refractivity contribution < 1.29 is 23.0 Å². The second-order valence-corrected chi connectivity index (χ2v) is 4.78. The molecular weight excluding hydrogens is 305 g/mol. The Bertz CT molecular complexity index is 600. The zero-order valence-corrected chi connectivity index (χ0v) is 11.5. The van der Waals surface area contributed by atoms with E-state index in [1.54, 1.807) is 24.3 Å². The first kappa shape index (κ1) is 15.7. The van der Waals surface area contributed by atoms with Crippen LogP contribution in [0.25, 0.3) is 0 Å². The zero-order valence-electron chi connectivity index (χ0n) is 10.8. The third kappa shape index (κ3) is 3.89. The van der Waals surface area contributed by atoms with Gasteiger partial charge in [0, 0.05) is 0 Å². The van der Waals surface area contributed by atoms with E-state index in [0.29, 0.717) is 0 Å². The Morgan fingerprint density at radius 2 is 1.71 bits per heavy atom. The van der Waals surface area contributed by atoms with E-state index in [1.807, 2.05) is 6.07 Å². The summed E-state index contributed by atoms with van der Waals surface area (Å²) in [6.45, 7) is 0.0821. The maximum atomic E-state index is 12.7. The molecule has 0 amide bonds. The van der Waals surface area contributed by atoms with Gasteiger partial charge in [0.05, 0.1) is 10.6 Å². The first-order chi connectivity index (χ1) is 9.89. The van der Waals surface area contributed by atoms with Crippen LogP contribution in [-0.4, -0.2) is 11.3 Å². The Balaban J connectivity index is 2.26. The van der Waals surface area contributed by atoms with Crippen LogP contribution in [0.1, 0.15) is 17.2 Å². The summed E-state index contributed by atoms with van der Waals surface area (Å²) < 4.78 is 43.5. The third-order valence-corrected chi connectivity index (χ3v) is 3.16. The number of alkyl halides is 3. The largest absolute Gasteiger partial charge is 0.488 e. The minimum atomic E-state index is -4.81. The second kappa shape index (κ2) is 6.37. The van der Waals surface area contributed by atoms with Crippen LogP contribution in [0.2, 0.25) is 5.02 Å². The van der Waals surface area contributed by atoms with Crippen LogP contribution < -0.4 is 4.74 Å². The van der Waals surface area contributed by atoms with Crippen LogP contribution in [-0.2, 0) is 6.61 Å². The van der Waals surface area contributed by atoms with Crippen molar-refractivity contribution in [3.63, 3.8) is 0 Å². The fourth-order valence-corrected chi connectivity index (χ4v) is 2.08. The molecule has 2 nitrogen and oxygen atoms in total. The maximum Gasteiger partial charge on any atom is 0.418 e. The molecule has 0 radical (unpaired) electrons. The molecule has 1 N–H and O–H groups in total. The molecule has 0 aliphatic carbocycles. The van der Waals surface area contributed by atoms with Crippen LogP contribution in [0, 0.1) is 0 Å². The van der Waals surface area contributed by atoms with Gasteiger partial charge in [0.1, 0.15) is 12.4 Å². The van der Waals surface area contributed by atoms with Crippen LogP contribution >= 0.6 is 11.6 Å². The number of rotatable bonds is 4. The van der Waals surface area contributed by atoms with E-state index in [9.17, 15) is 18.3 Å². The summed E-state index contributed by atoms with van der Waals surface area (Å²) in [6.07, 6.45) is -7.49. The second-order valence-electron chi connectivity index (χ2n) is 4.37. The molecule has 6 heteroatoms. The molecule has 0 aliphatic heterocycles. The highest BCUT2D eigenvalue weighted by Gasteiger charge is 2.42. The topological polar surface area (TPSA) is 29.5 Å². The molecule has 0 aromatic heterocycles. The molecule has 2 rings (SSSR count). The van der Waals surface area contributed by atoms with Crippen molar-refractivity contribution >= 4 is 11.6 Å². The number of ether oxygens (including phenoxy) is 1. The first-order valence-corrected chi connectivity index (χ1v) is 6.47. The van der Waals surface area contributed by atoms with E-state index in [-0.39, 0.29) is 17.4 Å². The van der Waals surface area contributed by atoms with Gasteiger partial charge in [0.2, 0.25) is 0 Å². The molecule has 0 saturated carbocycles. The van der Waals surface area contributed by atoms with Crippen molar-refractivity contribution in [2.24, 2.45) is 0 Å². The van der Waals surface area contributed by atoms with Gasteiger partial charge in [0.25, 0.3) is 0 Å². The summed E-state index contributed by atoms with van der Waals surface area (Å²) in [5, 5.41) is 9.24. The van der Waals surface area contributed by atoms with Gasteiger partial charge in [-0.3, -0.25) is 0 Å². The molecule has 1 atom stereocenters. The fourth-order valence-electron chi connectivity index (χ4n) is 1.81. The minimum Gasteiger partial charge on any atom is -0.488 e. The lowest BCUT2D eigenvalue weighted by molar-refractivity contribution is -0.207. The number of aliphatic hydroxyl groups is 1. The first-order valence-electron chi connectivity index (χ1n) is 6.09. The van der Waals surface area contributed by atoms with Crippen molar-refractivity contribution in [2.45, 2.75) is 18.9 Å². The highest BCUT2D eigenvalue weighted by molar-refractivity contribution is 6.31. The number of aliphatic hydroxyl groups excluding tert-OH is 1. The quantitative estimate of drug-likeness (QED) is 0.899. The predicted octanol–water partition coefficient (Wildman–Crippen LogP) is 4.51. The van der Waals surface area contributed by atoms with Gasteiger partial charge in [-0.1, -0.05) is 48.0 Å². The van der Waals surface area contributed by atoms with Crippen molar-refractivity contribution in [1.29, 1.82) is 0 Å². The molecule has 0 bridgehead atoms. The average molecular weight is 317 g/mol. The Morgan fingerprint density at radius 1 is 1.05 bits per heavy atom. The van der Waals surface area contributed by atoms with E-state index >= 15 is 0 Å². The Hall–Kier alpha value is -1.72. The van der Waals surface area contributed by atoms with Gasteiger partial charge in [-0.2, -0.15) is 13.2 Å². The Kier molecular flexibility index (Phi) is 4.75. The summed E-state index contributed by atoms with van der Waals surface area (Å²) >= 11 is 5.77. The minimum absolute atomic E-state index is 0.0821. The van der Waals surface area contributed by atoms with Gasteiger partial charge in [0.15, 0.2) is 6.10 Å². The zero-order chi connectivity index (χ0) is 15.5. The average Bonchev–Trinajstić information content (AvgIpc) is 2.44. The summed E-state index contributed by atoms with van der Waals surface area (Å²) in [5.41, 5.74) is 0.326. The van der Waals surface area contributed by atoms with Crippen molar-refractivity contribution in [3.05, 3.63) is 64.7 Å². The van der Waals surface area contributed by atoms with Crippen LogP contribution in [0.15, 0.2) is 48.5 Å². The van der Waals surface area contributed by atoms with Gasteiger partial charge in [-0.15, -0.1) is 0 Å². The predicted molar refractivity (Wildman–Crippen MR) is 73.2 cm³/mol. The fraction of sp³-hybridized carbons (Fsp3) is 0.200. The molecule has 0 saturated heterocycles. The molecule has 0 spiro atoms. The molecular formula is C15H12ClF3O2. The monoisotopic (exact) mass is 316 g/mol. The van der Waals surface area contributed by atoms with Gasteiger partial charge in [-0.25, -0.2) is 0 Å².